The average Bonchev–Trinajstić information content (AvgIpc) is 3.00. The Morgan fingerprint density at radius 3 is 2.68 bits per heavy atom. The van der Waals surface area contributed by atoms with E-state index >= 15 is 0 Å². The first-order valence-corrected chi connectivity index (χ1v) is 9.16. The molecule has 22 heavy (non-hydrogen) atoms. The lowest BCUT2D eigenvalue weighted by molar-refractivity contribution is 0.425. The fourth-order valence-corrected chi connectivity index (χ4v) is 4.75. The van der Waals surface area contributed by atoms with Gasteiger partial charge in [0.2, 0.25) is 0 Å². The van der Waals surface area contributed by atoms with Crippen LogP contribution in [0.2, 0.25) is 10.0 Å². The Hall–Kier alpha value is -0.710. The van der Waals surface area contributed by atoms with Crippen molar-refractivity contribution in [1.82, 2.24) is 0 Å². The van der Waals surface area contributed by atoms with Gasteiger partial charge in [-0.2, -0.15) is 0 Å². The highest BCUT2D eigenvalue weighted by atomic mass is 127. The first-order valence-electron chi connectivity index (χ1n) is 7.32. The van der Waals surface area contributed by atoms with Crippen LogP contribution in [0.5, 0.6) is 0 Å². The van der Waals surface area contributed by atoms with E-state index in [1.807, 2.05) is 12.1 Å². The van der Waals surface area contributed by atoms with Gasteiger partial charge in [0.1, 0.15) is 0 Å². The van der Waals surface area contributed by atoms with Crippen LogP contribution in [0.15, 0.2) is 48.6 Å². The van der Waals surface area contributed by atoms with Crippen molar-refractivity contribution in [2.45, 2.75) is 18.4 Å². The van der Waals surface area contributed by atoms with Crippen LogP contribution >= 0.6 is 45.8 Å². The molecule has 1 nitrogen and oxygen atoms in total. The maximum Gasteiger partial charge on any atom is 0.0645 e. The lowest BCUT2D eigenvalue weighted by atomic mass is 9.77. The molecular formula is C18H14Cl2IN. The van der Waals surface area contributed by atoms with Crippen molar-refractivity contribution in [3.8, 4) is 0 Å². The molecule has 4 rings (SSSR count). The summed E-state index contributed by atoms with van der Waals surface area (Å²) in [5, 5.41) is 5.02. The van der Waals surface area contributed by atoms with Gasteiger partial charge < -0.3 is 5.32 Å². The third kappa shape index (κ3) is 2.27. The van der Waals surface area contributed by atoms with Crippen LogP contribution in [0.4, 0.5) is 5.69 Å². The summed E-state index contributed by atoms with van der Waals surface area (Å²) < 4.78 is 1.25. The molecule has 0 spiro atoms. The quantitative estimate of drug-likeness (QED) is 0.397. The van der Waals surface area contributed by atoms with Gasteiger partial charge in [-0.3, -0.25) is 0 Å². The number of rotatable bonds is 1. The van der Waals surface area contributed by atoms with Crippen LogP contribution in [0.3, 0.4) is 0 Å². The lowest BCUT2D eigenvalue weighted by Gasteiger charge is -2.38. The van der Waals surface area contributed by atoms with Gasteiger partial charge in [0, 0.05) is 9.49 Å². The number of hydrogen-bond donors (Lipinski definition) is 1. The standard InChI is InChI=1S/C18H14Cl2IN/c19-14-8-2-7-13(16(14)20)17-11-5-1-4-10(11)12-6-3-9-15(21)18(12)22-17/h1-4,6-11,17,22H,5H2/t10-,11-,17-/m0/s1. The predicted molar refractivity (Wildman–Crippen MR) is 102 cm³/mol. The molecule has 0 bridgehead atoms. The molecule has 0 aromatic heterocycles. The maximum atomic E-state index is 6.49. The van der Waals surface area contributed by atoms with Gasteiger partial charge in [-0.1, -0.05) is 59.6 Å². The number of anilines is 1. The van der Waals surface area contributed by atoms with Crippen molar-refractivity contribution in [2.75, 3.05) is 5.32 Å². The van der Waals surface area contributed by atoms with Gasteiger partial charge in [-0.25, -0.2) is 0 Å². The zero-order chi connectivity index (χ0) is 15.3. The van der Waals surface area contributed by atoms with Gasteiger partial charge in [-0.05, 0) is 58.2 Å². The molecule has 1 aliphatic heterocycles. The van der Waals surface area contributed by atoms with Crippen molar-refractivity contribution in [3.63, 3.8) is 0 Å². The molecule has 0 amide bonds. The fourth-order valence-electron chi connectivity index (χ4n) is 3.65. The third-order valence-electron chi connectivity index (χ3n) is 4.66. The van der Waals surface area contributed by atoms with Crippen molar-refractivity contribution in [2.24, 2.45) is 5.92 Å². The molecule has 0 saturated carbocycles. The number of allylic oxidation sites excluding steroid dienone is 2. The van der Waals surface area contributed by atoms with E-state index in [9.17, 15) is 0 Å². The largest absolute Gasteiger partial charge is 0.377 e. The smallest absolute Gasteiger partial charge is 0.0645 e. The van der Waals surface area contributed by atoms with Crippen LogP contribution in [0, 0.1) is 9.49 Å². The summed E-state index contributed by atoms with van der Waals surface area (Å²) in [4.78, 5) is 0. The first kappa shape index (κ1) is 14.9. The van der Waals surface area contributed by atoms with Gasteiger partial charge in [0.25, 0.3) is 0 Å². The number of para-hydroxylation sites is 1. The van der Waals surface area contributed by atoms with Crippen LogP contribution in [-0.2, 0) is 0 Å². The van der Waals surface area contributed by atoms with E-state index in [0.29, 0.717) is 21.9 Å². The highest BCUT2D eigenvalue weighted by molar-refractivity contribution is 14.1. The second-order valence-corrected chi connectivity index (χ2v) is 7.77. The molecule has 1 heterocycles. The Kier molecular flexibility index (Phi) is 3.87. The molecule has 2 aliphatic rings. The summed E-state index contributed by atoms with van der Waals surface area (Å²) >= 11 is 15.1. The molecule has 1 N–H and O–H groups in total. The minimum Gasteiger partial charge on any atom is -0.377 e. The average molecular weight is 442 g/mol. The van der Waals surface area contributed by atoms with Crippen LogP contribution in [0.25, 0.3) is 0 Å². The topological polar surface area (TPSA) is 12.0 Å². The Labute approximate surface area is 153 Å². The number of benzene rings is 2. The summed E-state index contributed by atoms with van der Waals surface area (Å²) in [6, 6.07) is 12.6. The SMILES string of the molecule is Clc1cccc([C@H]2Nc3c(I)cccc3[C@H]3C=CC[C@@H]32)c1Cl. The van der Waals surface area contributed by atoms with Gasteiger partial charge in [0.15, 0.2) is 0 Å². The van der Waals surface area contributed by atoms with E-state index < -0.39 is 0 Å². The van der Waals surface area contributed by atoms with Crippen molar-refractivity contribution >= 4 is 51.5 Å². The van der Waals surface area contributed by atoms with Crippen LogP contribution < -0.4 is 5.32 Å². The molecule has 0 unspecified atom stereocenters. The molecule has 2 aromatic rings. The number of hydrogen-bond acceptors (Lipinski definition) is 1. The van der Waals surface area contributed by atoms with Crippen LogP contribution in [-0.4, -0.2) is 0 Å². The van der Waals surface area contributed by atoms with E-state index in [2.05, 4.69) is 64.3 Å². The van der Waals surface area contributed by atoms with E-state index in [0.717, 1.165) is 12.0 Å². The second kappa shape index (κ2) is 5.73. The van der Waals surface area contributed by atoms with Gasteiger partial charge in [0.05, 0.1) is 21.8 Å². The van der Waals surface area contributed by atoms with E-state index in [1.165, 1.54) is 14.8 Å². The third-order valence-corrected chi connectivity index (χ3v) is 6.39. The summed E-state index contributed by atoms with van der Waals surface area (Å²) in [5.41, 5.74) is 3.72. The zero-order valence-electron chi connectivity index (χ0n) is 11.7. The molecular weight excluding hydrogens is 428 g/mol. The normalized spacial score (nSPS) is 25.5. The highest BCUT2D eigenvalue weighted by Gasteiger charge is 2.39. The summed E-state index contributed by atoms with van der Waals surface area (Å²) in [7, 11) is 0. The zero-order valence-corrected chi connectivity index (χ0v) is 15.4. The molecule has 0 fully saturated rings. The first-order chi connectivity index (χ1) is 10.7. The van der Waals surface area contributed by atoms with Crippen molar-refractivity contribution in [1.29, 1.82) is 0 Å². The second-order valence-electron chi connectivity index (χ2n) is 5.82. The minimum absolute atomic E-state index is 0.189. The van der Waals surface area contributed by atoms with Crippen LogP contribution in [0.1, 0.15) is 29.5 Å². The summed E-state index contributed by atoms with van der Waals surface area (Å²) in [6.07, 6.45) is 5.69. The fraction of sp³-hybridized carbons (Fsp3) is 0.222. The van der Waals surface area contributed by atoms with E-state index in [-0.39, 0.29) is 6.04 Å². The number of fused-ring (bicyclic) bond motifs is 3. The minimum atomic E-state index is 0.189. The Morgan fingerprint density at radius 2 is 1.82 bits per heavy atom. The highest BCUT2D eigenvalue weighted by Crippen LogP contribution is 2.52. The van der Waals surface area contributed by atoms with Gasteiger partial charge in [-0.15, -0.1) is 0 Å². The number of halogens is 3. The molecule has 3 atom stereocenters. The summed E-state index contributed by atoms with van der Waals surface area (Å²) in [5.74, 6) is 0.938. The van der Waals surface area contributed by atoms with Crippen molar-refractivity contribution < 1.29 is 0 Å². The molecule has 4 heteroatoms. The molecule has 1 aliphatic carbocycles. The van der Waals surface area contributed by atoms with Crippen molar-refractivity contribution in [3.05, 3.63) is 73.3 Å². The van der Waals surface area contributed by atoms with Gasteiger partial charge >= 0.3 is 0 Å². The Bertz CT molecular complexity index is 772. The molecule has 0 saturated heterocycles. The maximum absolute atomic E-state index is 6.49. The Balaban J connectivity index is 1.86. The molecule has 112 valence electrons. The molecule has 2 aromatic carbocycles. The number of nitrogens with one attached hydrogen (secondary N) is 1. The van der Waals surface area contributed by atoms with E-state index in [1.54, 1.807) is 0 Å². The lowest BCUT2D eigenvalue weighted by Crippen LogP contribution is -2.29. The van der Waals surface area contributed by atoms with E-state index in [4.69, 9.17) is 23.2 Å². The molecule has 0 radical (unpaired) electrons. The summed E-state index contributed by atoms with van der Waals surface area (Å²) in [6.45, 7) is 0. The predicted octanol–water partition coefficient (Wildman–Crippen LogP) is 6.42. The monoisotopic (exact) mass is 441 g/mol. The Morgan fingerprint density at radius 1 is 1.05 bits per heavy atom.